The molecule has 21 heavy (non-hydrogen) atoms. The van der Waals surface area contributed by atoms with Crippen LogP contribution in [0.5, 0.6) is 0 Å². The van der Waals surface area contributed by atoms with Crippen molar-refractivity contribution in [3.8, 4) is 0 Å². The van der Waals surface area contributed by atoms with Gasteiger partial charge in [-0.15, -0.1) is 0 Å². The lowest BCUT2D eigenvalue weighted by atomic mass is 10.2. The smallest absolute Gasteiger partial charge is 0.337 e. The molecule has 1 rings (SSSR count). The number of rotatable bonds is 6. The normalized spacial score (nSPS) is 12.3. The van der Waals surface area contributed by atoms with Gasteiger partial charge in [0.1, 0.15) is 9.84 Å². The first-order chi connectivity index (χ1) is 9.44. The summed E-state index contributed by atoms with van der Waals surface area (Å²) >= 11 is 11.5. The first-order valence-electron chi connectivity index (χ1n) is 5.57. The monoisotopic (exact) mass is 374 g/mol. The number of halogens is 2. The molecule has 10 heteroatoms. The van der Waals surface area contributed by atoms with Crippen LogP contribution in [0.2, 0.25) is 10.0 Å². The van der Waals surface area contributed by atoms with Gasteiger partial charge in [0.25, 0.3) is 0 Å². The van der Waals surface area contributed by atoms with E-state index < -0.39 is 46.9 Å². The zero-order chi connectivity index (χ0) is 16.4. The van der Waals surface area contributed by atoms with E-state index in [1.165, 1.54) is 0 Å². The van der Waals surface area contributed by atoms with Gasteiger partial charge in [0.15, 0.2) is 9.84 Å². The highest BCUT2D eigenvalue weighted by Gasteiger charge is 2.24. The van der Waals surface area contributed by atoms with Gasteiger partial charge in [0.2, 0.25) is 0 Å². The lowest BCUT2D eigenvalue weighted by Crippen LogP contribution is -2.13. The van der Waals surface area contributed by atoms with E-state index in [4.69, 9.17) is 28.3 Å². The molecule has 1 N–H and O–H groups in total. The van der Waals surface area contributed by atoms with Gasteiger partial charge >= 0.3 is 5.97 Å². The van der Waals surface area contributed by atoms with E-state index in [2.05, 4.69) is 0 Å². The Bertz CT molecular complexity index is 768. The minimum absolute atomic E-state index is 0.0847. The summed E-state index contributed by atoms with van der Waals surface area (Å²) in [6.07, 6.45) is 0.876. The summed E-state index contributed by atoms with van der Waals surface area (Å²) in [6, 6.07) is 2.09. The highest BCUT2D eigenvalue weighted by atomic mass is 35.5. The topological polar surface area (TPSA) is 106 Å². The van der Waals surface area contributed by atoms with Gasteiger partial charge in [-0.25, -0.2) is 21.6 Å². The Morgan fingerprint density at radius 3 is 2.19 bits per heavy atom. The van der Waals surface area contributed by atoms with E-state index >= 15 is 0 Å². The van der Waals surface area contributed by atoms with Gasteiger partial charge < -0.3 is 5.11 Å². The predicted octanol–water partition coefficient (Wildman–Crippen LogP) is 1.90. The molecular formula is C11H12Cl2O6S2. The number of benzene rings is 1. The maximum atomic E-state index is 12.1. The van der Waals surface area contributed by atoms with Gasteiger partial charge in [0.05, 0.1) is 27.0 Å². The zero-order valence-corrected chi connectivity index (χ0v) is 14.0. The number of carboxylic acids is 1. The Morgan fingerprint density at radius 2 is 1.71 bits per heavy atom. The lowest BCUT2D eigenvalue weighted by Gasteiger charge is -2.09. The summed E-state index contributed by atoms with van der Waals surface area (Å²) in [4.78, 5) is 10.6. The molecule has 0 atom stereocenters. The van der Waals surface area contributed by atoms with Gasteiger partial charge in [-0.2, -0.15) is 0 Å². The van der Waals surface area contributed by atoms with Crippen molar-refractivity contribution in [3.63, 3.8) is 0 Å². The predicted molar refractivity (Wildman–Crippen MR) is 79.8 cm³/mol. The van der Waals surface area contributed by atoms with Crippen LogP contribution in [0.15, 0.2) is 17.0 Å². The average Bonchev–Trinajstić information content (AvgIpc) is 2.29. The van der Waals surface area contributed by atoms with Gasteiger partial charge in [-0.05, 0) is 18.6 Å². The van der Waals surface area contributed by atoms with Gasteiger partial charge in [0, 0.05) is 11.3 Å². The summed E-state index contributed by atoms with van der Waals surface area (Å²) in [5.41, 5.74) is -0.425. The number of aromatic carboxylic acids is 1. The van der Waals surface area contributed by atoms with Crippen molar-refractivity contribution < 1.29 is 26.7 Å². The third kappa shape index (κ3) is 5.14. The van der Waals surface area contributed by atoms with Crippen LogP contribution in [0.1, 0.15) is 16.8 Å². The molecular weight excluding hydrogens is 363 g/mol. The van der Waals surface area contributed by atoms with Crippen molar-refractivity contribution in [1.82, 2.24) is 0 Å². The molecule has 0 aliphatic heterocycles. The molecule has 0 aromatic heterocycles. The molecule has 0 saturated carbocycles. The summed E-state index contributed by atoms with van der Waals surface area (Å²) in [7, 11) is -7.22. The largest absolute Gasteiger partial charge is 0.478 e. The van der Waals surface area contributed by atoms with Crippen LogP contribution in [-0.2, 0) is 19.7 Å². The fraction of sp³-hybridized carbons (Fsp3) is 0.364. The second kappa shape index (κ2) is 6.51. The molecule has 1 aromatic rings. The number of carbonyl (C=O) groups is 1. The molecule has 118 valence electrons. The SMILES string of the molecule is CS(=O)(=O)CCCS(=O)(=O)c1cc(Cl)cc(C(=O)O)c1Cl. The van der Waals surface area contributed by atoms with Crippen molar-refractivity contribution in [2.75, 3.05) is 17.8 Å². The molecule has 0 amide bonds. The standard InChI is InChI=1S/C11H12Cl2O6S2/c1-20(16,17)3-2-4-21(18,19)9-6-7(12)5-8(10(9)13)11(14)15/h5-6H,2-4H2,1H3,(H,14,15). The lowest BCUT2D eigenvalue weighted by molar-refractivity contribution is 0.0697. The average molecular weight is 375 g/mol. The number of hydrogen-bond donors (Lipinski definition) is 1. The van der Waals surface area contributed by atoms with E-state index in [0.717, 1.165) is 18.4 Å². The van der Waals surface area contributed by atoms with Gasteiger partial charge in [-0.1, -0.05) is 23.2 Å². The van der Waals surface area contributed by atoms with E-state index in [0.29, 0.717) is 0 Å². The Hall–Kier alpha value is -0.830. The third-order valence-corrected chi connectivity index (χ3v) is 6.08. The molecule has 0 radical (unpaired) electrons. The summed E-state index contributed by atoms with van der Waals surface area (Å²) in [5.74, 6) is -2.18. The number of hydrogen-bond acceptors (Lipinski definition) is 5. The van der Waals surface area contributed by atoms with Crippen molar-refractivity contribution in [2.24, 2.45) is 0 Å². The Morgan fingerprint density at radius 1 is 1.14 bits per heavy atom. The first kappa shape index (κ1) is 18.2. The maximum absolute atomic E-state index is 12.1. The fourth-order valence-electron chi connectivity index (χ4n) is 1.57. The molecule has 0 heterocycles. The van der Waals surface area contributed by atoms with E-state index in [-0.39, 0.29) is 17.2 Å². The first-order valence-corrected chi connectivity index (χ1v) is 10.0. The summed E-state index contributed by atoms with van der Waals surface area (Å²) in [5, 5.41) is 8.42. The Balaban J connectivity index is 3.17. The molecule has 0 saturated heterocycles. The number of sulfone groups is 2. The van der Waals surface area contributed by atoms with Crippen LogP contribution >= 0.6 is 23.2 Å². The minimum Gasteiger partial charge on any atom is -0.478 e. The van der Waals surface area contributed by atoms with Crippen LogP contribution < -0.4 is 0 Å². The van der Waals surface area contributed by atoms with Crippen LogP contribution in [-0.4, -0.2) is 45.7 Å². The highest BCUT2D eigenvalue weighted by Crippen LogP contribution is 2.30. The molecule has 0 aliphatic rings. The Kier molecular flexibility index (Phi) is 5.65. The summed E-state index contributed by atoms with van der Waals surface area (Å²) < 4.78 is 46.3. The fourth-order valence-corrected chi connectivity index (χ4v) is 4.68. The molecule has 1 aromatic carbocycles. The second-order valence-corrected chi connectivity index (χ2v) is 9.52. The quantitative estimate of drug-likeness (QED) is 0.814. The van der Waals surface area contributed by atoms with Crippen molar-refractivity contribution >= 4 is 48.8 Å². The molecule has 0 bridgehead atoms. The zero-order valence-electron chi connectivity index (χ0n) is 10.8. The van der Waals surface area contributed by atoms with Crippen LogP contribution in [0.3, 0.4) is 0 Å². The van der Waals surface area contributed by atoms with Crippen molar-refractivity contribution in [2.45, 2.75) is 11.3 Å². The van der Waals surface area contributed by atoms with E-state index in [9.17, 15) is 21.6 Å². The maximum Gasteiger partial charge on any atom is 0.337 e. The Labute approximate surface area is 132 Å². The molecule has 0 spiro atoms. The van der Waals surface area contributed by atoms with Crippen LogP contribution in [0, 0.1) is 0 Å². The highest BCUT2D eigenvalue weighted by molar-refractivity contribution is 7.92. The van der Waals surface area contributed by atoms with E-state index in [1.807, 2.05) is 0 Å². The van der Waals surface area contributed by atoms with E-state index in [1.54, 1.807) is 0 Å². The van der Waals surface area contributed by atoms with Crippen molar-refractivity contribution in [3.05, 3.63) is 27.7 Å². The second-order valence-electron chi connectivity index (χ2n) is 4.37. The van der Waals surface area contributed by atoms with Crippen LogP contribution in [0.4, 0.5) is 0 Å². The van der Waals surface area contributed by atoms with Gasteiger partial charge in [-0.3, -0.25) is 0 Å². The molecule has 6 nitrogen and oxygen atoms in total. The summed E-state index contributed by atoms with van der Waals surface area (Å²) in [6.45, 7) is 0. The molecule has 0 unspecified atom stereocenters. The minimum atomic E-state index is -3.94. The molecule has 0 fully saturated rings. The third-order valence-electron chi connectivity index (χ3n) is 2.50. The van der Waals surface area contributed by atoms with Crippen molar-refractivity contribution in [1.29, 1.82) is 0 Å². The van der Waals surface area contributed by atoms with Crippen LogP contribution in [0.25, 0.3) is 0 Å². The molecule has 0 aliphatic carbocycles. The number of carboxylic acid groups (broad SMARTS) is 1.